The fourth-order valence-corrected chi connectivity index (χ4v) is 4.95. The van der Waals surface area contributed by atoms with Gasteiger partial charge in [-0.15, -0.1) is 0 Å². The fourth-order valence-electron chi connectivity index (χ4n) is 4.95. The van der Waals surface area contributed by atoms with Crippen molar-refractivity contribution in [1.82, 2.24) is 0 Å². The second-order valence-corrected chi connectivity index (χ2v) is 9.27. The molecule has 3 rings (SSSR count). The lowest BCUT2D eigenvalue weighted by Crippen LogP contribution is -2.63. The topological polar surface area (TPSA) is 166 Å². The number of aliphatic hydroxyl groups is 5. The summed E-state index contributed by atoms with van der Waals surface area (Å²) in [7, 11) is 0. The predicted octanol–water partition coefficient (Wildman–Crippen LogP) is -0.921. The Bertz CT molecular complexity index is 728. The van der Waals surface area contributed by atoms with Crippen molar-refractivity contribution in [2.75, 3.05) is 13.2 Å². The number of carbonyl (C=O) groups is 1. The third-order valence-electron chi connectivity index (χ3n) is 6.84. The van der Waals surface area contributed by atoms with Crippen LogP contribution >= 0.6 is 0 Å². The quantitative estimate of drug-likeness (QED) is 0.223. The van der Waals surface area contributed by atoms with Gasteiger partial charge in [-0.25, -0.2) is 4.79 Å². The van der Waals surface area contributed by atoms with E-state index in [1.165, 1.54) is 0 Å². The first-order chi connectivity index (χ1) is 14.4. The van der Waals surface area contributed by atoms with E-state index in [2.05, 4.69) is 0 Å². The number of hydrogen-bond donors (Lipinski definition) is 6. The summed E-state index contributed by atoms with van der Waals surface area (Å²) >= 11 is 0. The third kappa shape index (κ3) is 4.19. The highest BCUT2D eigenvalue weighted by atomic mass is 16.7. The van der Waals surface area contributed by atoms with Gasteiger partial charge in [0.2, 0.25) is 0 Å². The Labute approximate surface area is 180 Å². The first-order valence-corrected chi connectivity index (χ1v) is 10.3. The van der Waals surface area contributed by atoms with Gasteiger partial charge in [0.25, 0.3) is 0 Å². The summed E-state index contributed by atoms with van der Waals surface area (Å²) in [5.41, 5.74) is -2.77. The number of aliphatic carboxylic acids is 1. The Morgan fingerprint density at radius 2 is 1.84 bits per heavy atom. The number of carboxylic acid groups (broad SMARTS) is 1. The second kappa shape index (κ2) is 8.53. The Morgan fingerprint density at radius 3 is 2.42 bits per heavy atom. The standard InChI is InChI=1S/C21H32O10/c1-11(6-14(23)24)4-5-21(28)19(2)7-12(8-20(21,3)29-10-19)30-18-17(27)16(26)15(25)13(9-22)31-18/h4-6,12-13,15-18,22,25-28H,7-10H2,1-3H3,(H,23,24)/b5-4+,11-6+/t12-,13+,15+,16-,17+,18+,19+,20+,21-/m1/s1. The van der Waals surface area contributed by atoms with Gasteiger partial charge in [-0.3, -0.25) is 0 Å². The van der Waals surface area contributed by atoms with E-state index >= 15 is 0 Å². The van der Waals surface area contributed by atoms with Gasteiger partial charge in [0.15, 0.2) is 6.29 Å². The van der Waals surface area contributed by atoms with Crippen LogP contribution in [0.1, 0.15) is 33.6 Å². The Morgan fingerprint density at radius 1 is 1.16 bits per heavy atom. The van der Waals surface area contributed by atoms with Gasteiger partial charge in [0, 0.05) is 17.9 Å². The molecule has 2 bridgehead atoms. The largest absolute Gasteiger partial charge is 0.478 e. The van der Waals surface area contributed by atoms with Gasteiger partial charge in [0.05, 0.1) is 19.3 Å². The van der Waals surface area contributed by atoms with E-state index in [0.717, 1.165) is 6.08 Å². The molecule has 6 N–H and O–H groups in total. The molecule has 0 aromatic rings. The maximum atomic E-state index is 11.6. The number of allylic oxidation sites excluding steroid dienone is 2. The van der Waals surface area contributed by atoms with Crippen molar-refractivity contribution in [2.45, 2.75) is 81.6 Å². The van der Waals surface area contributed by atoms with Crippen molar-refractivity contribution in [2.24, 2.45) is 5.41 Å². The summed E-state index contributed by atoms with van der Waals surface area (Å²) in [5, 5.41) is 60.0. The minimum absolute atomic E-state index is 0.236. The van der Waals surface area contributed by atoms with Crippen LogP contribution in [-0.4, -0.2) is 97.8 Å². The molecule has 9 atom stereocenters. The van der Waals surface area contributed by atoms with Crippen LogP contribution in [-0.2, 0) is 19.0 Å². The number of carboxylic acids is 1. The molecule has 0 radical (unpaired) electrons. The predicted molar refractivity (Wildman–Crippen MR) is 106 cm³/mol. The lowest BCUT2D eigenvalue weighted by molar-refractivity contribution is -0.319. The van der Waals surface area contributed by atoms with Gasteiger partial charge < -0.3 is 44.8 Å². The Hall–Kier alpha value is -1.37. The molecule has 2 heterocycles. The maximum absolute atomic E-state index is 11.6. The molecule has 31 heavy (non-hydrogen) atoms. The molecule has 0 spiro atoms. The monoisotopic (exact) mass is 444 g/mol. The number of hydrogen-bond acceptors (Lipinski definition) is 9. The first-order valence-electron chi connectivity index (χ1n) is 10.3. The fraction of sp³-hybridized carbons (Fsp3) is 0.762. The van der Waals surface area contributed by atoms with Crippen LogP contribution in [0.25, 0.3) is 0 Å². The van der Waals surface area contributed by atoms with Crippen LogP contribution in [0.5, 0.6) is 0 Å². The van der Waals surface area contributed by atoms with E-state index < -0.39 is 66.0 Å². The van der Waals surface area contributed by atoms with Crippen molar-refractivity contribution in [3.05, 3.63) is 23.8 Å². The Kier molecular flexibility index (Phi) is 6.68. The Balaban J connectivity index is 1.78. The molecular formula is C21H32O10. The van der Waals surface area contributed by atoms with Gasteiger partial charge in [0.1, 0.15) is 35.6 Å². The van der Waals surface area contributed by atoms with Crippen LogP contribution in [0, 0.1) is 5.41 Å². The van der Waals surface area contributed by atoms with Crippen LogP contribution in [0.15, 0.2) is 23.8 Å². The van der Waals surface area contributed by atoms with Crippen molar-refractivity contribution in [3.63, 3.8) is 0 Å². The van der Waals surface area contributed by atoms with Gasteiger partial charge >= 0.3 is 5.97 Å². The first kappa shape index (κ1) is 24.3. The molecule has 0 aromatic heterocycles. The zero-order valence-corrected chi connectivity index (χ0v) is 17.8. The summed E-state index contributed by atoms with van der Waals surface area (Å²) in [6.07, 6.45) is -2.65. The number of ether oxygens (including phenoxy) is 3. The van der Waals surface area contributed by atoms with Crippen molar-refractivity contribution < 1.29 is 49.6 Å². The molecule has 2 saturated heterocycles. The highest BCUT2D eigenvalue weighted by Crippen LogP contribution is 2.58. The summed E-state index contributed by atoms with van der Waals surface area (Å²) in [4.78, 5) is 10.9. The van der Waals surface area contributed by atoms with E-state index in [-0.39, 0.29) is 13.0 Å². The lowest BCUT2D eigenvalue weighted by atomic mass is 9.59. The number of fused-ring (bicyclic) bond motifs is 2. The van der Waals surface area contributed by atoms with Crippen molar-refractivity contribution in [3.8, 4) is 0 Å². The maximum Gasteiger partial charge on any atom is 0.328 e. The molecule has 2 aliphatic heterocycles. The summed E-state index contributed by atoms with van der Waals surface area (Å²) in [5.74, 6) is -1.08. The molecule has 10 nitrogen and oxygen atoms in total. The molecule has 3 aliphatic rings. The molecule has 176 valence electrons. The van der Waals surface area contributed by atoms with Crippen LogP contribution in [0.4, 0.5) is 0 Å². The second-order valence-electron chi connectivity index (χ2n) is 9.27. The smallest absolute Gasteiger partial charge is 0.328 e. The molecule has 3 fully saturated rings. The van der Waals surface area contributed by atoms with Crippen LogP contribution in [0.2, 0.25) is 0 Å². The molecule has 0 amide bonds. The zero-order chi connectivity index (χ0) is 23.2. The zero-order valence-electron chi connectivity index (χ0n) is 17.8. The molecule has 10 heteroatoms. The van der Waals surface area contributed by atoms with Gasteiger partial charge in [-0.2, -0.15) is 0 Å². The molecule has 0 aromatic carbocycles. The normalized spacial score (nSPS) is 48.3. The number of aliphatic hydroxyl groups excluding tert-OH is 4. The van der Waals surface area contributed by atoms with Crippen molar-refractivity contribution >= 4 is 5.97 Å². The summed E-state index contributed by atoms with van der Waals surface area (Å²) < 4.78 is 17.3. The lowest BCUT2D eigenvalue weighted by Gasteiger charge is -2.51. The van der Waals surface area contributed by atoms with E-state index in [9.17, 15) is 30.3 Å². The molecular weight excluding hydrogens is 412 g/mol. The SMILES string of the molecule is CC(/C=C/[C@@]1(O)[C@]2(C)CO[C@@]1(C)C[C@H](O[C@H]1O[C@@H](CO)[C@H](O)[C@@H](O)[C@@H]1O)C2)=C\C(=O)O. The number of rotatable bonds is 6. The van der Waals surface area contributed by atoms with Gasteiger partial charge in [-0.1, -0.05) is 13.0 Å². The minimum atomic E-state index is -1.54. The van der Waals surface area contributed by atoms with Crippen LogP contribution in [0.3, 0.4) is 0 Å². The third-order valence-corrected chi connectivity index (χ3v) is 6.84. The van der Waals surface area contributed by atoms with E-state index in [1.54, 1.807) is 26.0 Å². The van der Waals surface area contributed by atoms with E-state index in [0.29, 0.717) is 12.0 Å². The summed E-state index contributed by atoms with van der Waals surface area (Å²) in [6.45, 7) is 4.88. The van der Waals surface area contributed by atoms with Crippen LogP contribution < -0.4 is 0 Å². The average Bonchev–Trinajstić information content (AvgIpc) is 2.79. The van der Waals surface area contributed by atoms with E-state index in [4.69, 9.17) is 19.3 Å². The minimum Gasteiger partial charge on any atom is -0.478 e. The van der Waals surface area contributed by atoms with Gasteiger partial charge in [-0.05, 0) is 31.9 Å². The highest BCUT2D eigenvalue weighted by Gasteiger charge is 2.67. The molecule has 1 saturated carbocycles. The summed E-state index contributed by atoms with van der Waals surface area (Å²) in [6, 6.07) is 0. The average molecular weight is 444 g/mol. The van der Waals surface area contributed by atoms with Crippen molar-refractivity contribution in [1.29, 1.82) is 0 Å². The molecule has 0 unspecified atom stereocenters. The molecule has 1 aliphatic carbocycles. The highest BCUT2D eigenvalue weighted by molar-refractivity contribution is 5.81. The van der Waals surface area contributed by atoms with E-state index in [1.807, 2.05) is 6.92 Å².